The molecule has 0 aliphatic rings. The highest BCUT2D eigenvalue weighted by Crippen LogP contribution is 2.23. The highest BCUT2D eigenvalue weighted by atomic mass is 16.1. The SMILES string of the molecule is CC.CCC(C)(C)/C=C(\C#N)C(C)=O. The zero-order valence-corrected chi connectivity index (χ0v) is 10.1. The molecule has 0 fully saturated rings. The molecule has 0 aromatic carbocycles. The Hall–Kier alpha value is -1.10. The van der Waals surface area contributed by atoms with Gasteiger partial charge in [-0.15, -0.1) is 0 Å². The molecule has 0 atom stereocenters. The van der Waals surface area contributed by atoms with Crippen molar-refractivity contribution >= 4 is 5.78 Å². The number of ketones is 1. The molecule has 0 heterocycles. The molecule has 0 saturated heterocycles. The van der Waals surface area contributed by atoms with Gasteiger partial charge in [-0.05, 0) is 18.8 Å². The van der Waals surface area contributed by atoms with Crippen molar-refractivity contribution in [3.8, 4) is 6.07 Å². The zero-order chi connectivity index (χ0) is 11.8. The molecule has 0 aliphatic heterocycles. The summed E-state index contributed by atoms with van der Waals surface area (Å²) in [6.45, 7) is 11.5. The summed E-state index contributed by atoms with van der Waals surface area (Å²) in [5.41, 5.74) is 0.207. The molecule has 0 saturated carbocycles. The van der Waals surface area contributed by atoms with Crippen molar-refractivity contribution in [2.75, 3.05) is 0 Å². The third kappa shape index (κ3) is 6.42. The third-order valence-electron chi connectivity index (χ3n) is 1.95. The number of hydrogen-bond acceptors (Lipinski definition) is 2. The Balaban J connectivity index is 0. The lowest BCUT2D eigenvalue weighted by atomic mass is 9.87. The van der Waals surface area contributed by atoms with Crippen LogP contribution in [0.2, 0.25) is 0 Å². The van der Waals surface area contributed by atoms with Crippen molar-refractivity contribution in [2.45, 2.75) is 48.0 Å². The number of allylic oxidation sites excluding steroid dienone is 2. The Morgan fingerprint density at radius 2 is 1.86 bits per heavy atom. The zero-order valence-electron chi connectivity index (χ0n) is 10.1. The molecular formula is C12H21NO. The molecule has 0 amide bonds. The average Bonchev–Trinajstić information content (AvgIpc) is 2.17. The van der Waals surface area contributed by atoms with Gasteiger partial charge in [-0.3, -0.25) is 4.79 Å². The lowest BCUT2D eigenvalue weighted by Gasteiger charge is -2.17. The summed E-state index contributed by atoms with van der Waals surface area (Å²) in [6.07, 6.45) is 2.67. The smallest absolute Gasteiger partial charge is 0.169 e. The highest BCUT2D eigenvalue weighted by molar-refractivity contribution is 5.97. The molecule has 0 spiro atoms. The lowest BCUT2D eigenvalue weighted by molar-refractivity contribution is -0.113. The van der Waals surface area contributed by atoms with Gasteiger partial charge < -0.3 is 0 Å². The Bertz CT molecular complexity index is 244. The van der Waals surface area contributed by atoms with E-state index in [1.807, 2.05) is 40.7 Å². The van der Waals surface area contributed by atoms with E-state index in [4.69, 9.17) is 5.26 Å². The predicted molar refractivity (Wildman–Crippen MR) is 59.8 cm³/mol. The second-order valence-electron chi connectivity index (χ2n) is 3.57. The highest BCUT2D eigenvalue weighted by Gasteiger charge is 2.14. The predicted octanol–water partition coefficient (Wildman–Crippen LogP) is 3.49. The molecule has 0 aliphatic carbocycles. The molecular weight excluding hydrogens is 174 g/mol. The molecule has 0 aromatic heterocycles. The molecule has 0 aromatic rings. The Morgan fingerprint density at radius 1 is 1.43 bits per heavy atom. The summed E-state index contributed by atoms with van der Waals surface area (Å²) in [6, 6.07) is 1.90. The second kappa shape index (κ2) is 7.32. The minimum atomic E-state index is -0.154. The monoisotopic (exact) mass is 195 g/mol. The van der Waals surface area contributed by atoms with Crippen LogP contribution in [0.1, 0.15) is 48.0 Å². The van der Waals surface area contributed by atoms with E-state index < -0.39 is 0 Å². The number of carbonyl (C=O) groups excluding carboxylic acids is 1. The Morgan fingerprint density at radius 3 is 2.07 bits per heavy atom. The van der Waals surface area contributed by atoms with Crippen LogP contribution in [0, 0.1) is 16.7 Å². The van der Waals surface area contributed by atoms with Crippen molar-refractivity contribution in [3.05, 3.63) is 11.6 Å². The fraction of sp³-hybridized carbons (Fsp3) is 0.667. The topological polar surface area (TPSA) is 40.9 Å². The van der Waals surface area contributed by atoms with E-state index >= 15 is 0 Å². The molecule has 2 heteroatoms. The molecule has 0 N–H and O–H groups in total. The standard InChI is InChI=1S/C10H15NO.C2H6/c1-5-10(3,4)6-9(7-11)8(2)12;1-2/h6H,5H2,1-4H3;1-2H3/b9-6+;. The van der Waals surface area contributed by atoms with Crippen LogP contribution in [-0.2, 0) is 4.79 Å². The first-order chi connectivity index (χ1) is 6.43. The van der Waals surface area contributed by atoms with Gasteiger partial charge in [-0.25, -0.2) is 0 Å². The van der Waals surface area contributed by atoms with E-state index in [0.717, 1.165) is 6.42 Å². The van der Waals surface area contributed by atoms with Gasteiger partial charge in [0.1, 0.15) is 6.07 Å². The summed E-state index contributed by atoms with van der Waals surface area (Å²) in [4.78, 5) is 10.9. The first-order valence-corrected chi connectivity index (χ1v) is 5.07. The quantitative estimate of drug-likeness (QED) is 0.511. The maximum Gasteiger partial charge on any atom is 0.169 e. The third-order valence-corrected chi connectivity index (χ3v) is 1.95. The van der Waals surface area contributed by atoms with Gasteiger partial charge in [0.05, 0.1) is 5.57 Å². The largest absolute Gasteiger partial charge is 0.294 e. The molecule has 2 nitrogen and oxygen atoms in total. The number of nitrogens with zero attached hydrogens (tertiary/aromatic N) is 1. The van der Waals surface area contributed by atoms with Crippen LogP contribution in [-0.4, -0.2) is 5.78 Å². The van der Waals surface area contributed by atoms with Crippen LogP contribution in [0.5, 0.6) is 0 Å². The number of Topliss-reactive ketones (excluding diaryl/α,β-unsaturated/α-hetero) is 1. The van der Waals surface area contributed by atoms with Crippen molar-refractivity contribution in [2.24, 2.45) is 5.41 Å². The molecule has 0 rings (SSSR count). The second-order valence-corrected chi connectivity index (χ2v) is 3.57. The van der Waals surface area contributed by atoms with E-state index in [1.54, 1.807) is 6.08 Å². The fourth-order valence-corrected chi connectivity index (χ4v) is 0.705. The van der Waals surface area contributed by atoms with Crippen molar-refractivity contribution < 1.29 is 4.79 Å². The van der Waals surface area contributed by atoms with Gasteiger partial charge >= 0.3 is 0 Å². The van der Waals surface area contributed by atoms with E-state index in [-0.39, 0.29) is 16.8 Å². The summed E-state index contributed by atoms with van der Waals surface area (Å²) >= 11 is 0. The van der Waals surface area contributed by atoms with Crippen LogP contribution < -0.4 is 0 Å². The van der Waals surface area contributed by atoms with E-state index in [2.05, 4.69) is 0 Å². The van der Waals surface area contributed by atoms with Gasteiger partial charge in [-0.1, -0.05) is 40.7 Å². The Labute approximate surface area is 87.6 Å². The van der Waals surface area contributed by atoms with Crippen molar-refractivity contribution in [3.63, 3.8) is 0 Å². The lowest BCUT2D eigenvalue weighted by Crippen LogP contribution is -2.08. The van der Waals surface area contributed by atoms with Gasteiger partial charge in [0.15, 0.2) is 5.78 Å². The van der Waals surface area contributed by atoms with Crippen molar-refractivity contribution in [1.29, 1.82) is 5.26 Å². The van der Waals surface area contributed by atoms with Gasteiger partial charge in [0.2, 0.25) is 0 Å². The van der Waals surface area contributed by atoms with Gasteiger partial charge in [0, 0.05) is 0 Å². The number of carbonyl (C=O) groups is 1. The number of nitriles is 1. The van der Waals surface area contributed by atoms with Crippen molar-refractivity contribution in [1.82, 2.24) is 0 Å². The van der Waals surface area contributed by atoms with Crippen LogP contribution in [0.3, 0.4) is 0 Å². The summed E-state index contributed by atoms with van der Waals surface area (Å²) in [5.74, 6) is -0.154. The maximum atomic E-state index is 10.9. The molecule has 0 radical (unpaired) electrons. The van der Waals surface area contributed by atoms with Crippen LogP contribution >= 0.6 is 0 Å². The minimum absolute atomic E-state index is 0.0588. The average molecular weight is 195 g/mol. The molecule has 80 valence electrons. The van der Waals surface area contributed by atoms with E-state index in [9.17, 15) is 4.79 Å². The van der Waals surface area contributed by atoms with Crippen LogP contribution in [0.4, 0.5) is 0 Å². The van der Waals surface area contributed by atoms with Crippen LogP contribution in [0.15, 0.2) is 11.6 Å². The minimum Gasteiger partial charge on any atom is -0.294 e. The fourth-order valence-electron chi connectivity index (χ4n) is 0.705. The van der Waals surface area contributed by atoms with Gasteiger partial charge in [-0.2, -0.15) is 5.26 Å². The molecule has 14 heavy (non-hydrogen) atoms. The molecule has 0 unspecified atom stereocenters. The summed E-state index contributed by atoms with van der Waals surface area (Å²) < 4.78 is 0. The van der Waals surface area contributed by atoms with Crippen LogP contribution in [0.25, 0.3) is 0 Å². The number of rotatable bonds is 3. The van der Waals surface area contributed by atoms with E-state index in [0.29, 0.717) is 0 Å². The first-order valence-electron chi connectivity index (χ1n) is 5.07. The number of hydrogen-bond donors (Lipinski definition) is 0. The summed E-state index contributed by atoms with van der Waals surface area (Å²) in [7, 11) is 0. The summed E-state index contributed by atoms with van der Waals surface area (Å²) in [5, 5.41) is 8.62. The maximum absolute atomic E-state index is 10.9. The normalized spacial score (nSPS) is 11.1. The van der Waals surface area contributed by atoms with Gasteiger partial charge in [0.25, 0.3) is 0 Å². The molecule has 0 bridgehead atoms. The van der Waals surface area contributed by atoms with E-state index in [1.165, 1.54) is 6.92 Å². The first kappa shape index (κ1) is 15.4. The Kier molecular flexibility index (Phi) is 8.04.